The Morgan fingerprint density at radius 2 is 1.65 bits per heavy atom. The van der Waals surface area contributed by atoms with E-state index in [0.717, 1.165) is 30.2 Å². The molecule has 2 aromatic carbocycles. The van der Waals surface area contributed by atoms with Crippen LogP contribution in [0, 0.1) is 6.92 Å². The molecule has 0 atom stereocenters. The molecule has 3 nitrogen and oxygen atoms in total. The van der Waals surface area contributed by atoms with Crippen molar-refractivity contribution in [1.82, 2.24) is 0 Å². The average Bonchev–Trinajstić information content (AvgIpc) is 2.46. The third kappa shape index (κ3) is 3.23. The molecule has 106 valence electrons. The summed E-state index contributed by atoms with van der Waals surface area (Å²) in [6.07, 6.45) is 0. The first kappa shape index (κ1) is 14.3. The second-order valence-electron chi connectivity index (χ2n) is 4.92. The molecule has 0 fully saturated rings. The molecule has 2 rings (SSSR count). The normalized spacial score (nSPS) is 10.3. The number of hydrogen-bond donors (Lipinski definition) is 2. The summed E-state index contributed by atoms with van der Waals surface area (Å²) in [5.74, 6) is 0. The first-order valence-corrected chi connectivity index (χ1v) is 7.12. The van der Waals surface area contributed by atoms with Crippen molar-refractivity contribution in [2.45, 2.75) is 20.8 Å². The van der Waals surface area contributed by atoms with E-state index in [1.807, 2.05) is 18.2 Å². The quantitative estimate of drug-likeness (QED) is 0.801. The molecular formula is C17H23N3. The molecule has 20 heavy (non-hydrogen) atoms. The lowest BCUT2D eigenvalue weighted by atomic mass is 10.1. The van der Waals surface area contributed by atoms with Crippen molar-refractivity contribution in [2.75, 3.05) is 29.0 Å². The highest BCUT2D eigenvalue weighted by Gasteiger charge is 2.03. The van der Waals surface area contributed by atoms with E-state index in [1.165, 1.54) is 11.3 Å². The lowest BCUT2D eigenvalue weighted by Crippen LogP contribution is -2.21. The van der Waals surface area contributed by atoms with E-state index in [9.17, 15) is 0 Å². The van der Waals surface area contributed by atoms with Gasteiger partial charge in [-0.2, -0.15) is 0 Å². The van der Waals surface area contributed by atoms with Crippen LogP contribution in [0.4, 0.5) is 22.7 Å². The van der Waals surface area contributed by atoms with Crippen LogP contribution >= 0.6 is 0 Å². The molecule has 0 heterocycles. The number of nitrogen functional groups attached to an aromatic ring is 1. The van der Waals surface area contributed by atoms with Gasteiger partial charge in [-0.05, 0) is 62.7 Å². The summed E-state index contributed by atoms with van der Waals surface area (Å²) in [6, 6.07) is 14.4. The molecule has 0 spiro atoms. The summed E-state index contributed by atoms with van der Waals surface area (Å²) >= 11 is 0. The fourth-order valence-corrected chi connectivity index (χ4v) is 2.27. The largest absolute Gasteiger partial charge is 0.399 e. The highest BCUT2D eigenvalue weighted by Crippen LogP contribution is 2.24. The first-order chi connectivity index (χ1) is 9.63. The number of anilines is 4. The zero-order valence-electron chi connectivity index (χ0n) is 12.5. The molecule has 3 heteroatoms. The minimum Gasteiger partial charge on any atom is -0.399 e. The number of nitrogens with one attached hydrogen (secondary N) is 1. The van der Waals surface area contributed by atoms with Crippen molar-refractivity contribution in [3.8, 4) is 0 Å². The molecule has 0 saturated heterocycles. The molecule has 0 unspecified atom stereocenters. The zero-order valence-corrected chi connectivity index (χ0v) is 12.5. The topological polar surface area (TPSA) is 41.3 Å². The van der Waals surface area contributed by atoms with Crippen LogP contribution in [0.1, 0.15) is 19.4 Å². The Bertz CT molecular complexity index is 557. The van der Waals surface area contributed by atoms with E-state index in [4.69, 9.17) is 5.73 Å². The van der Waals surface area contributed by atoms with Crippen molar-refractivity contribution >= 4 is 22.7 Å². The number of hydrogen-bond acceptors (Lipinski definition) is 3. The van der Waals surface area contributed by atoms with Gasteiger partial charge in [0.15, 0.2) is 0 Å². The van der Waals surface area contributed by atoms with Gasteiger partial charge in [-0.1, -0.05) is 6.07 Å². The predicted octanol–water partition coefficient (Wildman–Crippen LogP) is 4.17. The maximum absolute atomic E-state index is 5.83. The van der Waals surface area contributed by atoms with Crippen LogP contribution in [-0.4, -0.2) is 13.1 Å². The fraction of sp³-hybridized carbons (Fsp3) is 0.294. The third-order valence-electron chi connectivity index (χ3n) is 3.54. The Balaban J connectivity index is 2.16. The average molecular weight is 269 g/mol. The van der Waals surface area contributed by atoms with Crippen LogP contribution in [-0.2, 0) is 0 Å². The van der Waals surface area contributed by atoms with Gasteiger partial charge in [0.2, 0.25) is 0 Å². The van der Waals surface area contributed by atoms with Crippen LogP contribution in [0.3, 0.4) is 0 Å². The highest BCUT2D eigenvalue weighted by atomic mass is 15.1. The van der Waals surface area contributed by atoms with Crippen LogP contribution in [0.15, 0.2) is 42.5 Å². The maximum atomic E-state index is 5.83. The molecule has 0 saturated carbocycles. The van der Waals surface area contributed by atoms with E-state index in [2.05, 4.69) is 55.3 Å². The Kier molecular flexibility index (Phi) is 4.51. The third-order valence-corrected chi connectivity index (χ3v) is 3.54. The Hall–Kier alpha value is -2.16. The summed E-state index contributed by atoms with van der Waals surface area (Å²) < 4.78 is 0. The van der Waals surface area contributed by atoms with Gasteiger partial charge in [-0.15, -0.1) is 0 Å². The lowest BCUT2D eigenvalue weighted by molar-refractivity contribution is 0.866. The van der Waals surface area contributed by atoms with Gasteiger partial charge in [0.25, 0.3) is 0 Å². The Morgan fingerprint density at radius 1 is 1.00 bits per heavy atom. The standard InChI is InChI=1S/C17H23N3/c1-4-20(5-2)16-10-8-15(9-11-16)19-17-12-14(18)7-6-13(17)3/h6-12,19H,4-5,18H2,1-3H3. The van der Waals surface area contributed by atoms with Gasteiger partial charge in [-0.3, -0.25) is 0 Å². The molecular weight excluding hydrogens is 246 g/mol. The molecule has 3 N–H and O–H groups in total. The van der Waals surface area contributed by atoms with E-state index < -0.39 is 0 Å². The van der Waals surface area contributed by atoms with E-state index in [-0.39, 0.29) is 0 Å². The fourth-order valence-electron chi connectivity index (χ4n) is 2.27. The van der Waals surface area contributed by atoms with Crippen LogP contribution in [0.25, 0.3) is 0 Å². The summed E-state index contributed by atoms with van der Waals surface area (Å²) in [7, 11) is 0. The Labute approximate surface area is 121 Å². The summed E-state index contributed by atoms with van der Waals surface area (Å²) in [6.45, 7) is 8.47. The van der Waals surface area contributed by atoms with E-state index in [1.54, 1.807) is 0 Å². The van der Waals surface area contributed by atoms with Crippen LogP contribution in [0.2, 0.25) is 0 Å². The predicted molar refractivity (Wildman–Crippen MR) is 88.9 cm³/mol. The molecule has 0 amide bonds. The Morgan fingerprint density at radius 3 is 2.25 bits per heavy atom. The van der Waals surface area contributed by atoms with Crippen LogP contribution in [0.5, 0.6) is 0 Å². The van der Waals surface area contributed by atoms with Gasteiger partial charge < -0.3 is 16.0 Å². The van der Waals surface area contributed by atoms with E-state index in [0.29, 0.717) is 0 Å². The van der Waals surface area contributed by atoms with Gasteiger partial charge in [0.1, 0.15) is 0 Å². The lowest BCUT2D eigenvalue weighted by Gasteiger charge is -2.21. The number of nitrogens with two attached hydrogens (primary N) is 1. The van der Waals surface area contributed by atoms with Crippen molar-refractivity contribution in [2.24, 2.45) is 0 Å². The van der Waals surface area contributed by atoms with E-state index >= 15 is 0 Å². The van der Waals surface area contributed by atoms with Crippen molar-refractivity contribution in [3.05, 3.63) is 48.0 Å². The van der Waals surface area contributed by atoms with Gasteiger partial charge in [0.05, 0.1) is 0 Å². The van der Waals surface area contributed by atoms with Gasteiger partial charge in [-0.25, -0.2) is 0 Å². The molecule has 0 aliphatic heterocycles. The number of benzene rings is 2. The molecule has 0 aliphatic rings. The summed E-state index contributed by atoms with van der Waals surface area (Å²) in [4.78, 5) is 2.33. The SMILES string of the molecule is CCN(CC)c1ccc(Nc2cc(N)ccc2C)cc1. The summed E-state index contributed by atoms with van der Waals surface area (Å²) in [5.41, 5.74) is 11.2. The van der Waals surface area contributed by atoms with Crippen molar-refractivity contribution < 1.29 is 0 Å². The minimum absolute atomic E-state index is 0.776. The summed E-state index contributed by atoms with van der Waals surface area (Å²) in [5, 5.41) is 3.42. The second-order valence-corrected chi connectivity index (χ2v) is 4.92. The maximum Gasteiger partial charge on any atom is 0.0434 e. The number of nitrogens with zero attached hydrogens (tertiary/aromatic N) is 1. The molecule has 0 radical (unpaired) electrons. The number of aryl methyl sites for hydroxylation is 1. The molecule has 0 aliphatic carbocycles. The molecule has 0 bridgehead atoms. The monoisotopic (exact) mass is 269 g/mol. The van der Waals surface area contributed by atoms with Crippen molar-refractivity contribution in [3.63, 3.8) is 0 Å². The van der Waals surface area contributed by atoms with Crippen LogP contribution < -0.4 is 16.0 Å². The van der Waals surface area contributed by atoms with Gasteiger partial charge in [0, 0.05) is 35.8 Å². The zero-order chi connectivity index (χ0) is 14.5. The van der Waals surface area contributed by atoms with Crippen molar-refractivity contribution in [1.29, 1.82) is 0 Å². The molecule has 2 aromatic rings. The molecule has 0 aromatic heterocycles. The highest BCUT2D eigenvalue weighted by molar-refractivity contribution is 5.68. The van der Waals surface area contributed by atoms with Gasteiger partial charge >= 0.3 is 0 Å². The first-order valence-electron chi connectivity index (χ1n) is 7.12. The smallest absolute Gasteiger partial charge is 0.0434 e. The minimum atomic E-state index is 0.776. The second kappa shape index (κ2) is 6.33. The number of rotatable bonds is 5.